The van der Waals surface area contributed by atoms with Crippen LogP contribution in [0.4, 0.5) is 0 Å². The Bertz CT molecular complexity index is 2700. The Labute approximate surface area is 309 Å². The Morgan fingerprint density at radius 2 is 0.849 bits per heavy atom. The average Bonchev–Trinajstić information content (AvgIpc) is 3.58. The summed E-state index contributed by atoms with van der Waals surface area (Å²) < 4.78 is 0. The zero-order chi connectivity index (χ0) is 35.1. The van der Waals surface area contributed by atoms with Gasteiger partial charge in [-0.05, 0) is 66.9 Å². The lowest BCUT2D eigenvalue weighted by atomic mass is 9.88. The lowest BCUT2D eigenvalue weighted by Crippen LogP contribution is -2.01. The third-order valence-electron chi connectivity index (χ3n) is 10.4. The molecule has 0 amide bonds. The van der Waals surface area contributed by atoms with E-state index in [1.165, 1.54) is 38.9 Å². The molecule has 0 radical (unpaired) electrons. The summed E-state index contributed by atoms with van der Waals surface area (Å²) in [7, 11) is 0. The van der Waals surface area contributed by atoms with E-state index in [0.717, 1.165) is 38.6 Å². The van der Waals surface area contributed by atoms with Crippen molar-refractivity contribution >= 4 is 10.8 Å². The summed E-state index contributed by atoms with van der Waals surface area (Å²) >= 11 is 0. The van der Waals surface area contributed by atoms with Crippen LogP contribution in [0.3, 0.4) is 0 Å². The van der Waals surface area contributed by atoms with E-state index in [0.29, 0.717) is 17.5 Å². The van der Waals surface area contributed by atoms with Crippen molar-refractivity contribution in [1.82, 2.24) is 15.0 Å². The van der Waals surface area contributed by atoms with E-state index < -0.39 is 0 Å². The summed E-state index contributed by atoms with van der Waals surface area (Å²) in [5.74, 6) is 2.16. The Kier molecular flexibility index (Phi) is 7.54. The molecule has 0 fully saturated rings. The molecule has 0 N–H and O–H groups in total. The molecule has 8 aromatic carbocycles. The zero-order valence-corrected chi connectivity index (χ0v) is 28.9. The molecule has 1 aromatic heterocycles. The molecule has 1 unspecified atom stereocenters. The molecule has 248 valence electrons. The molecule has 53 heavy (non-hydrogen) atoms. The van der Waals surface area contributed by atoms with E-state index in [4.69, 9.17) is 15.0 Å². The second-order valence-electron chi connectivity index (χ2n) is 13.6. The van der Waals surface area contributed by atoms with Crippen LogP contribution in [0, 0.1) is 0 Å². The summed E-state index contributed by atoms with van der Waals surface area (Å²) in [5, 5.41) is 2.24. The number of hydrogen-bond acceptors (Lipinski definition) is 3. The van der Waals surface area contributed by atoms with Gasteiger partial charge in [0.15, 0.2) is 17.5 Å². The molecule has 0 bridgehead atoms. The maximum absolute atomic E-state index is 5.16. The lowest BCUT2D eigenvalue weighted by molar-refractivity contribution is 1.02. The predicted molar refractivity (Wildman–Crippen MR) is 217 cm³/mol. The fourth-order valence-electron chi connectivity index (χ4n) is 7.91. The lowest BCUT2D eigenvalue weighted by Gasteiger charge is -2.16. The van der Waals surface area contributed by atoms with Gasteiger partial charge in [-0.15, -0.1) is 0 Å². The summed E-state index contributed by atoms with van der Waals surface area (Å²) in [5.41, 5.74) is 14.2. The van der Waals surface area contributed by atoms with E-state index in [-0.39, 0.29) is 5.92 Å². The van der Waals surface area contributed by atoms with Crippen molar-refractivity contribution in [2.75, 3.05) is 0 Å². The van der Waals surface area contributed by atoms with E-state index in [1.54, 1.807) is 0 Å². The number of benzene rings is 8. The molecule has 1 heterocycles. The summed E-state index contributed by atoms with van der Waals surface area (Å²) in [4.78, 5) is 15.3. The quantitative estimate of drug-likeness (QED) is 0.176. The standard InChI is InChI=1S/C50H33N3/c1-4-15-36(16-5-1)46-44-23-13-12-22-42(44)43-31-29-39(32-45(43)46)33-24-26-35(27-25-33)41-30-28-34-14-10-11-21-40(34)47(41)50-52-48(37-17-6-2-7-18-37)51-49(53-50)38-19-8-3-9-20-38/h1-32,46H. The first kappa shape index (κ1) is 30.8. The highest BCUT2D eigenvalue weighted by atomic mass is 15.0. The topological polar surface area (TPSA) is 38.7 Å². The summed E-state index contributed by atoms with van der Waals surface area (Å²) in [6.45, 7) is 0. The van der Waals surface area contributed by atoms with E-state index in [2.05, 4.69) is 158 Å². The van der Waals surface area contributed by atoms with Crippen LogP contribution in [0.15, 0.2) is 194 Å². The molecular weight excluding hydrogens is 643 g/mol. The van der Waals surface area contributed by atoms with Crippen molar-refractivity contribution in [3.63, 3.8) is 0 Å². The van der Waals surface area contributed by atoms with Gasteiger partial charge in [0.25, 0.3) is 0 Å². The Morgan fingerprint density at radius 1 is 0.321 bits per heavy atom. The molecule has 1 atom stereocenters. The monoisotopic (exact) mass is 675 g/mol. The van der Waals surface area contributed by atoms with Crippen LogP contribution in [0.2, 0.25) is 0 Å². The number of aromatic nitrogens is 3. The minimum absolute atomic E-state index is 0.212. The van der Waals surface area contributed by atoms with Gasteiger partial charge in [0.2, 0.25) is 0 Å². The van der Waals surface area contributed by atoms with Gasteiger partial charge in [0, 0.05) is 22.6 Å². The highest BCUT2D eigenvalue weighted by Crippen LogP contribution is 2.49. The molecule has 3 heteroatoms. The molecular formula is C50H33N3. The summed E-state index contributed by atoms with van der Waals surface area (Å²) in [6, 6.07) is 68.8. The van der Waals surface area contributed by atoms with Crippen LogP contribution in [0.1, 0.15) is 22.6 Å². The number of rotatable bonds is 6. The predicted octanol–water partition coefficient (Wildman–Crippen LogP) is 12.5. The van der Waals surface area contributed by atoms with Gasteiger partial charge in [0.05, 0.1) is 0 Å². The van der Waals surface area contributed by atoms with Crippen LogP contribution in [-0.4, -0.2) is 15.0 Å². The van der Waals surface area contributed by atoms with Crippen LogP contribution < -0.4 is 0 Å². The van der Waals surface area contributed by atoms with Crippen molar-refractivity contribution in [1.29, 1.82) is 0 Å². The molecule has 0 spiro atoms. The highest BCUT2D eigenvalue weighted by Gasteiger charge is 2.30. The third kappa shape index (κ3) is 5.51. The van der Waals surface area contributed by atoms with Gasteiger partial charge in [-0.2, -0.15) is 0 Å². The first-order valence-electron chi connectivity index (χ1n) is 18.1. The SMILES string of the molecule is c1ccc(-c2nc(-c3ccccc3)nc(-c3c(-c4ccc(-c5ccc6c(c5)C(c5ccccc5)c5ccccc5-6)cc4)ccc4ccccc34)n2)cc1. The Morgan fingerprint density at radius 3 is 1.57 bits per heavy atom. The third-order valence-corrected chi connectivity index (χ3v) is 10.4. The van der Waals surface area contributed by atoms with E-state index in [9.17, 15) is 0 Å². The zero-order valence-electron chi connectivity index (χ0n) is 28.9. The van der Waals surface area contributed by atoms with Crippen LogP contribution in [0.5, 0.6) is 0 Å². The van der Waals surface area contributed by atoms with Crippen LogP contribution in [-0.2, 0) is 0 Å². The molecule has 10 rings (SSSR count). The molecule has 0 saturated carbocycles. The van der Waals surface area contributed by atoms with Crippen molar-refractivity contribution in [3.05, 3.63) is 211 Å². The minimum Gasteiger partial charge on any atom is -0.208 e. The molecule has 0 aliphatic heterocycles. The van der Waals surface area contributed by atoms with Gasteiger partial charge in [-0.25, -0.2) is 15.0 Å². The Balaban J connectivity index is 1.10. The molecule has 1 aliphatic rings. The fourth-order valence-corrected chi connectivity index (χ4v) is 7.91. The number of fused-ring (bicyclic) bond motifs is 4. The smallest absolute Gasteiger partial charge is 0.165 e. The Hall–Kier alpha value is -6.97. The minimum atomic E-state index is 0.212. The van der Waals surface area contributed by atoms with Gasteiger partial charge in [-0.1, -0.05) is 188 Å². The van der Waals surface area contributed by atoms with Gasteiger partial charge < -0.3 is 0 Å². The number of hydrogen-bond donors (Lipinski definition) is 0. The summed E-state index contributed by atoms with van der Waals surface area (Å²) in [6.07, 6.45) is 0. The van der Waals surface area contributed by atoms with E-state index >= 15 is 0 Å². The largest absolute Gasteiger partial charge is 0.208 e. The van der Waals surface area contributed by atoms with Crippen molar-refractivity contribution in [3.8, 4) is 67.5 Å². The van der Waals surface area contributed by atoms with Crippen molar-refractivity contribution < 1.29 is 0 Å². The van der Waals surface area contributed by atoms with Gasteiger partial charge >= 0.3 is 0 Å². The molecule has 3 nitrogen and oxygen atoms in total. The number of nitrogens with zero attached hydrogens (tertiary/aromatic N) is 3. The first-order valence-corrected chi connectivity index (χ1v) is 18.1. The molecule has 0 saturated heterocycles. The van der Waals surface area contributed by atoms with Crippen LogP contribution in [0.25, 0.3) is 78.3 Å². The second-order valence-corrected chi connectivity index (χ2v) is 13.6. The second kappa shape index (κ2) is 13.0. The van der Waals surface area contributed by atoms with E-state index in [1.807, 2.05) is 36.4 Å². The first-order chi connectivity index (χ1) is 26.3. The molecule has 9 aromatic rings. The van der Waals surface area contributed by atoms with Crippen molar-refractivity contribution in [2.24, 2.45) is 0 Å². The van der Waals surface area contributed by atoms with Gasteiger partial charge in [0.1, 0.15) is 0 Å². The highest BCUT2D eigenvalue weighted by molar-refractivity contribution is 6.03. The maximum atomic E-state index is 5.16. The molecule has 1 aliphatic carbocycles. The normalized spacial score (nSPS) is 13.1. The maximum Gasteiger partial charge on any atom is 0.165 e. The average molecular weight is 676 g/mol. The van der Waals surface area contributed by atoms with Gasteiger partial charge in [-0.3, -0.25) is 0 Å². The fraction of sp³-hybridized carbons (Fsp3) is 0.0200. The van der Waals surface area contributed by atoms with Crippen molar-refractivity contribution in [2.45, 2.75) is 5.92 Å². The van der Waals surface area contributed by atoms with Crippen LogP contribution >= 0.6 is 0 Å².